The van der Waals surface area contributed by atoms with E-state index in [1.54, 1.807) is 0 Å². The Kier molecular flexibility index (Phi) is 2.90. The van der Waals surface area contributed by atoms with Crippen molar-refractivity contribution in [3.05, 3.63) is 0 Å². The number of carbonyl (C=O) groups excluding carboxylic acids is 1. The zero-order valence-electron chi connectivity index (χ0n) is 8.52. The molecule has 1 heterocycles. The third-order valence-corrected chi connectivity index (χ3v) is 3.18. The van der Waals surface area contributed by atoms with Crippen LogP contribution in [0.25, 0.3) is 0 Å². The van der Waals surface area contributed by atoms with Crippen molar-refractivity contribution in [1.29, 1.82) is 0 Å². The van der Waals surface area contributed by atoms with Gasteiger partial charge in [-0.25, -0.2) is 4.79 Å². The molecule has 2 unspecified atom stereocenters. The molecule has 1 saturated carbocycles. The van der Waals surface area contributed by atoms with Gasteiger partial charge in [0.1, 0.15) is 13.2 Å². The fourth-order valence-corrected chi connectivity index (χ4v) is 2.54. The Balaban J connectivity index is 1.74. The minimum absolute atomic E-state index is 0.0662. The number of carbonyl (C=O) groups is 2. The van der Waals surface area contributed by atoms with Crippen molar-refractivity contribution in [2.24, 2.45) is 5.92 Å². The third-order valence-electron chi connectivity index (χ3n) is 3.18. The highest BCUT2D eigenvalue weighted by Crippen LogP contribution is 2.37. The predicted molar refractivity (Wildman–Crippen MR) is 51.3 cm³/mol. The van der Waals surface area contributed by atoms with Crippen LogP contribution in [0.3, 0.4) is 0 Å². The number of hydrogen-bond acceptors (Lipinski definition) is 3. The summed E-state index contributed by atoms with van der Waals surface area (Å²) in [4.78, 5) is 23.6. The first-order valence-corrected chi connectivity index (χ1v) is 5.26. The van der Waals surface area contributed by atoms with Gasteiger partial charge >= 0.3 is 5.97 Å². The van der Waals surface area contributed by atoms with Gasteiger partial charge in [0.15, 0.2) is 0 Å². The van der Waals surface area contributed by atoms with E-state index in [1.807, 2.05) is 4.90 Å². The summed E-state index contributed by atoms with van der Waals surface area (Å²) in [5.41, 5.74) is 0. The molecule has 1 aliphatic heterocycles. The number of hydrogen-bond donors (Lipinski definition) is 1. The molecule has 0 aromatic rings. The number of likely N-dealkylation sites (tertiary alicyclic amines) is 1. The molecule has 1 saturated heterocycles. The Morgan fingerprint density at radius 2 is 2.13 bits per heavy atom. The lowest BCUT2D eigenvalue weighted by Crippen LogP contribution is -2.40. The maximum Gasteiger partial charge on any atom is 0.329 e. The summed E-state index contributed by atoms with van der Waals surface area (Å²) in [6.07, 6.45) is 3.43. The number of rotatable bonds is 4. The summed E-state index contributed by atoms with van der Waals surface area (Å²) in [7, 11) is 0. The van der Waals surface area contributed by atoms with Gasteiger partial charge in [0, 0.05) is 12.6 Å². The minimum atomic E-state index is -1.04. The lowest BCUT2D eigenvalue weighted by Gasteiger charge is -2.26. The molecule has 0 spiro atoms. The van der Waals surface area contributed by atoms with Gasteiger partial charge in [0.2, 0.25) is 5.91 Å². The van der Waals surface area contributed by atoms with E-state index in [-0.39, 0.29) is 12.5 Å². The Labute approximate surface area is 88.0 Å². The van der Waals surface area contributed by atoms with Crippen molar-refractivity contribution in [3.8, 4) is 0 Å². The molecular formula is C10H15NO4. The predicted octanol–water partition coefficient (Wildman–Crippen LogP) is 0.0985. The van der Waals surface area contributed by atoms with Crippen molar-refractivity contribution in [3.63, 3.8) is 0 Å². The largest absolute Gasteiger partial charge is 0.480 e. The Morgan fingerprint density at radius 3 is 2.67 bits per heavy atom. The first-order valence-electron chi connectivity index (χ1n) is 5.26. The summed E-state index contributed by atoms with van der Waals surface area (Å²) in [5.74, 6) is -0.437. The van der Waals surface area contributed by atoms with Crippen LogP contribution in [-0.2, 0) is 14.3 Å². The Bertz CT molecular complexity index is 279. The van der Waals surface area contributed by atoms with Crippen LogP contribution in [0.15, 0.2) is 0 Å². The maximum absolute atomic E-state index is 11.6. The number of nitrogens with zero attached hydrogens (tertiary/aromatic N) is 1. The van der Waals surface area contributed by atoms with Crippen LogP contribution < -0.4 is 0 Å². The van der Waals surface area contributed by atoms with E-state index in [9.17, 15) is 9.59 Å². The summed E-state index contributed by atoms with van der Waals surface area (Å²) in [6.45, 7) is 0.336. The zero-order valence-corrected chi connectivity index (χ0v) is 8.52. The maximum atomic E-state index is 11.6. The molecule has 2 fully saturated rings. The highest BCUT2D eigenvalue weighted by atomic mass is 16.5. The molecule has 2 rings (SSSR count). The van der Waals surface area contributed by atoms with E-state index in [0.717, 1.165) is 19.4 Å². The molecular weight excluding hydrogens is 198 g/mol. The fourth-order valence-electron chi connectivity index (χ4n) is 2.54. The van der Waals surface area contributed by atoms with E-state index in [2.05, 4.69) is 0 Å². The molecule has 15 heavy (non-hydrogen) atoms. The zero-order chi connectivity index (χ0) is 10.8. The highest BCUT2D eigenvalue weighted by Gasteiger charge is 2.39. The smallest absolute Gasteiger partial charge is 0.329 e. The first kappa shape index (κ1) is 10.4. The van der Waals surface area contributed by atoms with Crippen LogP contribution in [0.2, 0.25) is 0 Å². The molecule has 0 aromatic carbocycles. The summed E-state index contributed by atoms with van der Waals surface area (Å²) in [6, 6.07) is 0.385. The monoisotopic (exact) mass is 213 g/mol. The molecule has 2 atom stereocenters. The lowest BCUT2D eigenvalue weighted by atomic mass is 10.1. The Hall–Kier alpha value is -1.10. The molecule has 84 valence electrons. The fraction of sp³-hybridized carbons (Fsp3) is 0.800. The standard InChI is InChI=1S/C10H15NO4/c12-9(5-15-6-10(13)14)11-4-7-1-2-8(11)3-7/h7-8H,1-6H2,(H,13,14). The molecule has 0 aromatic heterocycles. The summed E-state index contributed by atoms with van der Waals surface area (Å²) >= 11 is 0. The average molecular weight is 213 g/mol. The van der Waals surface area contributed by atoms with Crippen LogP contribution in [0.4, 0.5) is 0 Å². The number of ether oxygens (including phenoxy) is 1. The summed E-state index contributed by atoms with van der Waals surface area (Å²) in [5, 5.41) is 8.35. The second kappa shape index (κ2) is 4.18. The van der Waals surface area contributed by atoms with Gasteiger partial charge in [-0.15, -0.1) is 0 Å². The van der Waals surface area contributed by atoms with E-state index in [1.165, 1.54) is 6.42 Å². The van der Waals surface area contributed by atoms with Gasteiger partial charge in [0.25, 0.3) is 0 Å². The van der Waals surface area contributed by atoms with Gasteiger partial charge in [-0.1, -0.05) is 0 Å². The number of carboxylic acid groups (broad SMARTS) is 1. The number of fused-ring (bicyclic) bond motifs is 2. The van der Waals surface area contributed by atoms with Gasteiger partial charge in [-0.05, 0) is 25.2 Å². The van der Waals surface area contributed by atoms with Gasteiger partial charge < -0.3 is 14.7 Å². The first-order chi connectivity index (χ1) is 7.16. The quantitative estimate of drug-likeness (QED) is 0.719. The van der Waals surface area contributed by atoms with Crippen LogP contribution in [-0.4, -0.2) is 47.7 Å². The normalized spacial score (nSPS) is 28.4. The van der Waals surface area contributed by atoms with E-state index >= 15 is 0 Å². The van der Waals surface area contributed by atoms with Crippen LogP contribution >= 0.6 is 0 Å². The van der Waals surface area contributed by atoms with Crippen molar-refractivity contribution in [1.82, 2.24) is 4.90 Å². The van der Waals surface area contributed by atoms with Gasteiger partial charge in [-0.3, -0.25) is 4.79 Å². The molecule has 1 N–H and O–H groups in total. The second-order valence-corrected chi connectivity index (χ2v) is 4.27. The molecule has 1 amide bonds. The minimum Gasteiger partial charge on any atom is -0.480 e. The Morgan fingerprint density at radius 1 is 1.33 bits per heavy atom. The van der Waals surface area contributed by atoms with E-state index < -0.39 is 12.6 Å². The number of amides is 1. The third kappa shape index (κ3) is 2.28. The van der Waals surface area contributed by atoms with Crippen molar-refractivity contribution >= 4 is 11.9 Å². The molecule has 5 nitrogen and oxygen atoms in total. The van der Waals surface area contributed by atoms with Crippen LogP contribution in [0.5, 0.6) is 0 Å². The lowest BCUT2D eigenvalue weighted by molar-refractivity contribution is -0.146. The van der Waals surface area contributed by atoms with Crippen molar-refractivity contribution in [2.75, 3.05) is 19.8 Å². The van der Waals surface area contributed by atoms with Crippen molar-refractivity contribution < 1.29 is 19.4 Å². The average Bonchev–Trinajstić information content (AvgIpc) is 2.77. The summed E-state index contributed by atoms with van der Waals surface area (Å²) < 4.78 is 4.79. The topological polar surface area (TPSA) is 66.8 Å². The highest BCUT2D eigenvalue weighted by molar-refractivity contribution is 5.78. The van der Waals surface area contributed by atoms with Crippen LogP contribution in [0, 0.1) is 5.92 Å². The van der Waals surface area contributed by atoms with Crippen molar-refractivity contribution in [2.45, 2.75) is 25.3 Å². The molecule has 1 aliphatic carbocycles. The number of carboxylic acids is 1. The van der Waals surface area contributed by atoms with E-state index in [0.29, 0.717) is 12.0 Å². The van der Waals surface area contributed by atoms with Gasteiger partial charge in [0.05, 0.1) is 0 Å². The SMILES string of the molecule is O=C(O)COCC(=O)N1CC2CCC1C2. The second-order valence-electron chi connectivity index (χ2n) is 4.27. The van der Waals surface area contributed by atoms with E-state index in [4.69, 9.17) is 9.84 Å². The number of aliphatic carboxylic acids is 1. The van der Waals surface area contributed by atoms with Gasteiger partial charge in [-0.2, -0.15) is 0 Å². The van der Waals surface area contributed by atoms with Crippen LogP contribution in [0.1, 0.15) is 19.3 Å². The molecule has 0 radical (unpaired) electrons. The molecule has 5 heteroatoms. The number of piperidine rings is 1. The molecule has 2 aliphatic rings. The molecule has 2 bridgehead atoms.